The Hall–Kier alpha value is -1.39. The van der Waals surface area contributed by atoms with Crippen LogP contribution in [0.5, 0.6) is 0 Å². The topological polar surface area (TPSA) is 40.6 Å². The summed E-state index contributed by atoms with van der Waals surface area (Å²) in [5, 5.41) is 0. The van der Waals surface area contributed by atoms with Gasteiger partial charge in [-0.15, -0.1) is 12.4 Å². The monoisotopic (exact) mass is 350 g/mol. The van der Waals surface area contributed by atoms with Crippen molar-refractivity contribution in [3.8, 4) is 0 Å². The summed E-state index contributed by atoms with van der Waals surface area (Å²) in [7, 11) is 0. The number of imide groups is 1. The number of likely N-dealkylation sites (tertiary alicyclic amines) is 1. The van der Waals surface area contributed by atoms with Crippen LogP contribution in [-0.4, -0.2) is 47.8 Å². The van der Waals surface area contributed by atoms with Gasteiger partial charge in [-0.25, -0.2) is 0 Å². The summed E-state index contributed by atoms with van der Waals surface area (Å²) in [4.78, 5) is 29.3. The zero-order valence-electron chi connectivity index (χ0n) is 14.6. The highest BCUT2D eigenvalue weighted by molar-refractivity contribution is 6.09. The van der Waals surface area contributed by atoms with Crippen LogP contribution in [0, 0.1) is 0 Å². The van der Waals surface area contributed by atoms with E-state index in [1.54, 1.807) is 0 Å². The van der Waals surface area contributed by atoms with Crippen LogP contribution in [0.1, 0.15) is 44.2 Å². The average molecular weight is 351 g/mol. The second kappa shape index (κ2) is 7.66. The second-order valence-electron chi connectivity index (χ2n) is 6.65. The van der Waals surface area contributed by atoms with Gasteiger partial charge in [-0.05, 0) is 50.0 Å². The molecule has 1 aliphatic carbocycles. The van der Waals surface area contributed by atoms with Crippen molar-refractivity contribution in [1.82, 2.24) is 9.80 Å². The van der Waals surface area contributed by atoms with Crippen LogP contribution in [0.15, 0.2) is 24.3 Å². The predicted octanol–water partition coefficient (Wildman–Crippen LogP) is 2.78. The minimum atomic E-state index is -0.567. The first-order chi connectivity index (χ1) is 11.1. The molecular formula is C19H27ClN2O2. The van der Waals surface area contributed by atoms with Gasteiger partial charge in [-0.2, -0.15) is 0 Å². The smallest absolute Gasteiger partial charge is 0.240 e. The largest absolute Gasteiger partial charge is 0.304 e. The number of benzene rings is 1. The lowest BCUT2D eigenvalue weighted by Crippen LogP contribution is -2.38. The maximum atomic E-state index is 13.0. The molecule has 2 aliphatic rings. The summed E-state index contributed by atoms with van der Waals surface area (Å²) in [5.74, 6) is 0.0400. The molecule has 5 heteroatoms. The Balaban J connectivity index is 0.00000208. The molecule has 3 rings (SSSR count). The summed E-state index contributed by atoms with van der Waals surface area (Å²) in [5.41, 5.74) is 1.76. The first-order valence-electron chi connectivity index (χ1n) is 8.78. The van der Waals surface area contributed by atoms with Crippen molar-refractivity contribution in [2.45, 2.75) is 44.9 Å². The van der Waals surface area contributed by atoms with Gasteiger partial charge in [0, 0.05) is 13.0 Å². The van der Waals surface area contributed by atoms with E-state index in [1.807, 2.05) is 18.2 Å². The van der Waals surface area contributed by atoms with E-state index in [2.05, 4.69) is 24.8 Å². The van der Waals surface area contributed by atoms with Crippen molar-refractivity contribution in [1.29, 1.82) is 0 Å². The molecule has 1 atom stereocenters. The number of hydrogen-bond donors (Lipinski definition) is 0. The van der Waals surface area contributed by atoms with Crippen LogP contribution in [0.4, 0.5) is 0 Å². The molecule has 24 heavy (non-hydrogen) atoms. The van der Waals surface area contributed by atoms with Crippen molar-refractivity contribution < 1.29 is 9.59 Å². The van der Waals surface area contributed by atoms with E-state index in [9.17, 15) is 9.59 Å². The molecule has 1 spiro atoms. The lowest BCUT2D eigenvalue weighted by atomic mass is 9.80. The van der Waals surface area contributed by atoms with Crippen LogP contribution >= 0.6 is 12.4 Å². The molecule has 1 fully saturated rings. The Labute approximate surface area is 150 Å². The fraction of sp³-hybridized carbons (Fsp3) is 0.579. The molecule has 1 aliphatic heterocycles. The maximum Gasteiger partial charge on any atom is 0.240 e. The summed E-state index contributed by atoms with van der Waals surface area (Å²) in [6, 6.07) is 8.12. The van der Waals surface area contributed by atoms with Gasteiger partial charge in [0.05, 0.1) is 5.41 Å². The number of carbonyl (C=O) groups excluding carboxylic acids is 2. The number of fused-ring (bicyclic) bond motifs is 2. The molecule has 0 saturated carbocycles. The molecule has 0 aromatic heterocycles. The van der Waals surface area contributed by atoms with Crippen molar-refractivity contribution in [3.05, 3.63) is 35.4 Å². The van der Waals surface area contributed by atoms with E-state index in [-0.39, 0.29) is 24.2 Å². The molecule has 1 aromatic carbocycles. The number of amides is 2. The second-order valence-corrected chi connectivity index (χ2v) is 6.65. The van der Waals surface area contributed by atoms with Gasteiger partial charge in [0.15, 0.2) is 0 Å². The van der Waals surface area contributed by atoms with Gasteiger partial charge in [-0.3, -0.25) is 14.5 Å². The quantitative estimate of drug-likeness (QED) is 0.741. The van der Waals surface area contributed by atoms with Gasteiger partial charge in [0.25, 0.3) is 0 Å². The summed E-state index contributed by atoms with van der Waals surface area (Å²) in [6.45, 7) is 7.79. The summed E-state index contributed by atoms with van der Waals surface area (Å²) >= 11 is 0. The molecule has 0 radical (unpaired) electrons. The third-order valence-corrected chi connectivity index (χ3v) is 5.51. The Morgan fingerprint density at radius 1 is 1.17 bits per heavy atom. The number of aryl methyl sites for hydroxylation is 1. The molecule has 132 valence electrons. The average Bonchev–Trinajstić information content (AvgIpc) is 3.05. The number of hydrogen-bond acceptors (Lipinski definition) is 3. The van der Waals surface area contributed by atoms with Crippen LogP contribution in [0.25, 0.3) is 0 Å². The van der Waals surface area contributed by atoms with Crippen molar-refractivity contribution in [2.75, 3.05) is 26.2 Å². The molecule has 4 nitrogen and oxygen atoms in total. The number of carbonyl (C=O) groups is 2. The number of nitrogens with zero attached hydrogens (tertiary/aromatic N) is 2. The van der Waals surface area contributed by atoms with Crippen LogP contribution < -0.4 is 0 Å². The molecule has 2 amide bonds. The van der Waals surface area contributed by atoms with Gasteiger partial charge in [-0.1, -0.05) is 38.1 Å². The minimum Gasteiger partial charge on any atom is -0.304 e. The maximum absolute atomic E-state index is 13.0. The third-order valence-electron chi connectivity index (χ3n) is 5.51. The van der Waals surface area contributed by atoms with E-state index in [1.165, 1.54) is 10.5 Å². The van der Waals surface area contributed by atoms with Gasteiger partial charge in [0.2, 0.25) is 11.8 Å². The van der Waals surface area contributed by atoms with Crippen molar-refractivity contribution in [2.24, 2.45) is 0 Å². The molecule has 0 N–H and O–H groups in total. The van der Waals surface area contributed by atoms with Crippen LogP contribution in [0.2, 0.25) is 0 Å². The lowest BCUT2D eigenvalue weighted by molar-refractivity contribution is -0.140. The van der Waals surface area contributed by atoms with Crippen LogP contribution in [0.3, 0.4) is 0 Å². The Morgan fingerprint density at radius 2 is 1.88 bits per heavy atom. The summed E-state index contributed by atoms with van der Waals surface area (Å²) < 4.78 is 0. The Bertz CT molecular complexity index is 615. The van der Waals surface area contributed by atoms with E-state index >= 15 is 0 Å². The zero-order valence-corrected chi connectivity index (χ0v) is 15.4. The van der Waals surface area contributed by atoms with E-state index < -0.39 is 5.41 Å². The highest BCUT2D eigenvalue weighted by atomic mass is 35.5. The van der Waals surface area contributed by atoms with E-state index in [0.717, 1.165) is 44.5 Å². The molecule has 0 bridgehead atoms. The van der Waals surface area contributed by atoms with Crippen LogP contribution in [-0.2, 0) is 21.4 Å². The lowest BCUT2D eigenvalue weighted by Gasteiger charge is -2.24. The van der Waals surface area contributed by atoms with Gasteiger partial charge >= 0.3 is 0 Å². The molecule has 1 heterocycles. The SMILES string of the molecule is CCN(CC)CCCN1C(=O)CC2(CCc3ccccc32)C1=O.Cl. The first-order valence-corrected chi connectivity index (χ1v) is 8.78. The fourth-order valence-electron chi connectivity index (χ4n) is 4.11. The van der Waals surface area contributed by atoms with E-state index in [4.69, 9.17) is 0 Å². The molecule has 1 saturated heterocycles. The van der Waals surface area contributed by atoms with Gasteiger partial charge in [0.1, 0.15) is 0 Å². The number of halogens is 1. The highest BCUT2D eigenvalue weighted by Gasteiger charge is 2.54. The molecule has 1 unspecified atom stereocenters. The Morgan fingerprint density at radius 3 is 2.58 bits per heavy atom. The van der Waals surface area contributed by atoms with E-state index in [0.29, 0.717) is 13.0 Å². The highest BCUT2D eigenvalue weighted by Crippen LogP contribution is 2.46. The standard InChI is InChI=1S/C19H26N2O2.ClH/c1-3-20(4-2)12-7-13-21-17(22)14-19(18(21)23)11-10-15-8-5-6-9-16(15)19;/h5-6,8-9H,3-4,7,10-14H2,1-2H3;1H. The normalized spacial score (nSPS) is 22.4. The Kier molecular flexibility index (Phi) is 6.05. The predicted molar refractivity (Wildman–Crippen MR) is 97.4 cm³/mol. The number of rotatable bonds is 6. The van der Waals surface area contributed by atoms with Crippen molar-refractivity contribution >= 4 is 24.2 Å². The fourth-order valence-corrected chi connectivity index (χ4v) is 4.11. The minimum absolute atomic E-state index is 0. The van der Waals surface area contributed by atoms with Gasteiger partial charge < -0.3 is 4.90 Å². The third kappa shape index (κ3) is 3.09. The molecule has 1 aromatic rings. The summed E-state index contributed by atoms with van der Waals surface area (Å²) in [6.07, 6.45) is 2.90. The molecular weight excluding hydrogens is 324 g/mol. The first kappa shape index (κ1) is 18.9. The van der Waals surface area contributed by atoms with Crippen molar-refractivity contribution in [3.63, 3.8) is 0 Å². The zero-order chi connectivity index (χ0) is 16.4.